The lowest BCUT2D eigenvalue weighted by atomic mass is 9.92. The number of benzene rings is 2. The summed E-state index contributed by atoms with van der Waals surface area (Å²) in [7, 11) is 0. The molecule has 1 saturated heterocycles. The van der Waals surface area contributed by atoms with Crippen LogP contribution >= 0.6 is 0 Å². The third-order valence-electron chi connectivity index (χ3n) is 6.45. The molecule has 2 heterocycles. The Morgan fingerprint density at radius 2 is 1.91 bits per heavy atom. The first-order chi connectivity index (χ1) is 17.1. The van der Waals surface area contributed by atoms with Gasteiger partial charge in [0.2, 0.25) is 0 Å². The topological polar surface area (TPSA) is 97.0 Å². The Labute approximate surface area is 203 Å². The number of rotatable bonds is 9. The number of halogens is 1. The molecule has 1 aromatic heterocycles. The Morgan fingerprint density at radius 1 is 1.14 bits per heavy atom. The summed E-state index contributed by atoms with van der Waals surface area (Å²) < 4.78 is 36.3. The smallest absolute Gasteiger partial charge is 0.411 e. The van der Waals surface area contributed by atoms with Crippen molar-refractivity contribution in [2.75, 3.05) is 44.2 Å². The number of nitrogens with two attached hydrogens (primary N) is 1. The molecule has 8 nitrogen and oxygen atoms in total. The van der Waals surface area contributed by atoms with Crippen LogP contribution in [0, 0.1) is 0 Å². The number of alkyl halides is 1. The summed E-state index contributed by atoms with van der Waals surface area (Å²) in [4.78, 5) is 11.9. The van der Waals surface area contributed by atoms with E-state index in [1.54, 1.807) is 0 Å². The first kappa shape index (κ1) is 23.4. The largest absolute Gasteiger partial charge is 0.488 e. The lowest BCUT2D eigenvalue weighted by Gasteiger charge is -2.30. The van der Waals surface area contributed by atoms with Crippen LogP contribution in [0.2, 0.25) is 0 Å². The molecule has 2 aromatic carbocycles. The van der Waals surface area contributed by atoms with Crippen molar-refractivity contribution >= 4 is 28.4 Å². The molecular weight excluding hydrogens is 453 g/mol. The van der Waals surface area contributed by atoms with E-state index in [2.05, 4.69) is 9.88 Å². The number of hydrogen-bond acceptors (Lipinski definition) is 6. The van der Waals surface area contributed by atoms with E-state index in [9.17, 15) is 9.18 Å². The van der Waals surface area contributed by atoms with Crippen LogP contribution in [0.25, 0.3) is 22.2 Å². The van der Waals surface area contributed by atoms with E-state index in [1.165, 1.54) is 6.42 Å². The first-order valence-electron chi connectivity index (χ1n) is 12.0. The number of carbonyl (C=O) groups is 1. The lowest BCUT2D eigenvalue weighted by molar-refractivity contribution is -0.0683. The Balaban J connectivity index is 1.40. The van der Waals surface area contributed by atoms with E-state index in [4.69, 9.17) is 24.7 Å². The summed E-state index contributed by atoms with van der Waals surface area (Å²) in [6.45, 7) is 1.04. The third kappa shape index (κ3) is 5.06. The van der Waals surface area contributed by atoms with Crippen LogP contribution in [-0.2, 0) is 14.2 Å². The summed E-state index contributed by atoms with van der Waals surface area (Å²) in [5.74, 6) is 0.743. The first-order valence-corrected chi connectivity index (χ1v) is 12.0. The van der Waals surface area contributed by atoms with Crippen LogP contribution in [0.4, 0.5) is 20.6 Å². The molecule has 9 heteroatoms. The molecule has 2 fully saturated rings. The molecule has 0 radical (unpaired) electrons. The average Bonchev–Trinajstić information content (AvgIpc) is 3.44. The zero-order valence-electron chi connectivity index (χ0n) is 19.5. The highest BCUT2D eigenvalue weighted by molar-refractivity contribution is 6.01. The van der Waals surface area contributed by atoms with Crippen LogP contribution in [0.15, 0.2) is 42.5 Å². The van der Waals surface area contributed by atoms with Crippen LogP contribution in [0.3, 0.4) is 0 Å². The van der Waals surface area contributed by atoms with Gasteiger partial charge in [-0.1, -0.05) is 12.1 Å². The number of nitrogen functional groups attached to an aromatic ring is 1. The Kier molecular flexibility index (Phi) is 7.06. The SMILES string of the molecule is Nc1c(-c2ccc(NC(=O)OCCCF)cc2)n(C2CCC2)c2cc(OCC3OCCO3)ccc12. The monoisotopic (exact) mass is 483 g/mol. The molecule has 2 aliphatic rings. The maximum atomic E-state index is 12.2. The highest BCUT2D eigenvalue weighted by atomic mass is 19.1. The van der Waals surface area contributed by atoms with Gasteiger partial charge in [0.05, 0.1) is 43.4 Å². The van der Waals surface area contributed by atoms with E-state index in [0.717, 1.165) is 40.8 Å². The van der Waals surface area contributed by atoms with Gasteiger partial charge in [0.1, 0.15) is 12.4 Å². The zero-order chi connectivity index (χ0) is 24.2. The quantitative estimate of drug-likeness (QED) is 0.402. The number of hydrogen-bond donors (Lipinski definition) is 2. The molecule has 3 aromatic rings. The number of ether oxygens (including phenoxy) is 4. The van der Waals surface area contributed by atoms with Gasteiger partial charge in [0.25, 0.3) is 0 Å². The average molecular weight is 484 g/mol. The molecule has 1 aliphatic carbocycles. The maximum Gasteiger partial charge on any atom is 0.411 e. The minimum Gasteiger partial charge on any atom is -0.488 e. The van der Waals surface area contributed by atoms with Crippen molar-refractivity contribution in [2.45, 2.75) is 38.0 Å². The van der Waals surface area contributed by atoms with Crippen molar-refractivity contribution in [3.63, 3.8) is 0 Å². The Bertz CT molecular complexity index is 1170. The van der Waals surface area contributed by atoms with Gasteiger partial charge in [0.15, 0.2) is 6.29 Å². The van der Waals surface area contributed by atoms with E-state index < -0.39 is 12.8 Å². The standard InChI is InChI=1S/C26H30FN3O5/c27-11-2-12-34-26(31)29-18-7-5-17(6-8-18)25-24(28)21-10-9-20(35-16-23-32-13-14-33-23)15-22(21)30(25)19-3-1-4-19/h5-10,15,19,23H,1-4,11-14,16,28H2,(H,29,31). The molecule has 5 rings (SSSR count). The van der Waals surface area contributed by atoms with Crippen molar-refractivity contribution in [1.29, 1.82) is 0 Å². The molecule has 3 N–H and O–H groups in total. The second kappa shape index (κ2) is 10.5. The van der Waals surface area contributed by atoms with Gasteiger partial charge in [-0.25, -0.2) is 4.79 Å². The van der Waals surface area contributed by atoms with E-state index >= 15 is 0 Å². The summed E-state index contributed by atoms with van der Waals surface area (Å²) >= 11 is 0. The molecule has 0 spiro atoms. The van der Waals surface area contributed by atoms with Crippen molar-refractivity contribution in [1.82, 2.24) is 4.57 Å². The number of nitrogens with zero attached hydrogens (tertiary/aromatic N) is 1. The molecule has 35 heavy (non-hydrogen) atoms. The van der Waals surface area contributed by atoms with E-state index in [1.807, 2.05) is 42.5 Å². The number of fused-ring (bicyclic) bond motifs is 1. The number of anilines is 2. The molecular formula is C26H30FN3O5. The minimum atomic E-state index is -0.602. The fourth-order valence-electron chi connectivity index (χ4n) is 4.48. The van der Waals surface area contributed by atoms with Gasteiger partial charge in [-0.05, 0) is 43.5 Å². The zero-order valence-corrected chi connectivity index (χ0v) is 19.5. The highest BCUT2D eigenvalue weighted by Crippen LogP contribution is 2.45. The van der Waals surface area contributed by atoms with E-state index in [0.29, 0.717) is 37.2 Å². The van der Waals surface area contributed by atoms with Crippen molar-refractivity contribution in [3.05, 3.63) is 42.5 Å². The summed E-state index contributed by atoms with van der Waals surface area (Å²) in [5.41, 5.74) is 10.9. The predicted octanol–water partition coefficient (Wildman–Crippen LogP) is 5.28. The highest BCUT2D eigenvalue weighted by Gasteiger charge is 2.27. The van der Waals surface area contributed by atoms with Crippen LogP contribution in [-0.4, -0.2) is 50.1 Å². The third-order valence-corrected chi connectivity index (χ3v) is 6.45. The second-order valence-corrected chi connectivity index (χ2v) is 8.76. The van der Waals surface area contributed by atoms with Gasteiger partial charge in [-0.3, -0.25) is 9.71 Å². The molecule has 1 saturated carbocycles. The van der Waals surface area contributed by atoms with Crippen LogP contribution < -0.4 is 15.8 Å². The molecule has 0 atom stereocenters. The van der Waals surface area contributed by atoms with Gasteiger partial charge in [0, 0.05) is 35.2 Å². The fourth-order valence-corrected chi connectivity index (χ4v) is 4.48. The summed E-state index contributed by atoms with van der Waals surface area (Å²) in [5, 5.41) is 3.64. The maximum absolute atomic E-state index is 12.2. The van der Waals surface area contributed by atoms with Crippen molar-refractivity contribution in [2.24, 2.45) is 0 Å². The Morgan fingerprint density at radius 3 is 2.60 bits per heavy atom. The van der Waals surface area contributed by atoms with Crippen LogP contribution in [0.5, 0.6) is 5.75 Å². The molecule has 0 unspecified atom stereocenters. The van der Waals surface area contributed by atoms with Crippen molar-refractivity contribution < 1.29 is 28.1 Å². The van der Waals surface area contributed by atoms with Gasteiger partial charge in [-0.2, -0.15) is 0 Å². The van der Waals surface area contributed by atoms with Gasteiger partial charge >= 0.3 is 6.09 Å². The summed E-state index contributed by atoms with van der Waals surface area (Å²) in [6, 6.07) is 13.8. The summed E-state index contributed by atoms with van der Waals surface area (Å²) in [6.07, 6.45) is 2.62. The van der Waals surface area contributed by atoms with Crippen LogP contribution in [0.1, 0.15) is 31.7 Å². The molecule has 1 aliphatic heterocycles. The Hall–Kier alpha value is -3.30. The lowest BCUT2D eigenvalue weighted by Crippen LogP contribution is -2.19. The van der Waals surface area contributed by atoms with Gasteiger partial charge in [-0.15, -0.1) is 0 Å². The normalized spacial score (nSPS) is 16.4. The van der Waals surface area contributed by atoms with E-state index in [-0.39, 0.29) is 19.3 Å². The predicted molar refractivity (Wildman–Crippen MR) is 131 cm³/mol. The number of nitrogens with one attached hydrogen (secondary N) is 1. The molecule has 0 bridgehead atoms. The fraction of sp³-hybridized carbons (Fsp3) is 0.423. The number of aromatic nitrogens is 1. The van der Waals surface area contributed by atoms with Crippen molar-refractivity contribution in [3.8, 4) is 17.0 Å². The minimum absolute atomic E-state index is 0.0465. The number of amides is 1. The molecule has 1 amide bonds. The molecule has 186 valence electrons. The number of carbonyl (C=O) groups excluding carboxylic acids is 1. The second-order valence-electron chi connectivity index (χ2n) is 8.76. The van der Waals surface area contributed by atoms with Gasteiger partial charge < -0.3 is 29.2 Å².